The van der Waals surface area contributed by atoms with E-state index in [1.165, 1.54) is 18.2 Å². The zero-order valence-electron chi connectivity index (χ0n) is 11.9. The Labute approximate surface area is 126 Å². The van der Waals surface area contributed by atoms with Crippen LogP contribution in [-0.4, -0.2) is 41.9 Å². The van der Waals surface area contributed by atoms with E-state index in [0.29, 0.717) is 11.9 Å². The molecule has 9 heteroatoms. The van der Waals surface area contributed by atoms with Gasteiger partial charge in [-0.05, 0) is 18.6 Å². The smallest absolute Gasteiger partial charge is 0.417 e. The number of aromatic amines is 1. The zero-order valence-corrected chi connectivity index (χ0v) is 12.7. The molecule has 0 saturated carbocycles. The number of hydrogen-bond acceptors (Lipinski definition) is 5. The van der Waals surface area contributed by atoms with E-state index in [9.17, 15) is 18.0 Å². The number of aromatic nitrogens is 1. The predicted octanol–water partition coefficient (Wildman–Crippen LogP) is 0.997. The van der Waals surface area contributed by atoms with E-state index in [4.69, 9.17) is 9.52 Å². The molecule has 2 N–H and O–H groups in total. The molecule has 0 atom stereocenters. The third-order valence-corrected chi connectivity index (χ3v) is 4.97. The number of nitrogens with one attached hydrogen (secondary N) is 1. The molecule has 1 aromatic carbocycles. The highest BCUT2D eigenvalue weighted by Crippen LogP contribution is 2.20. The van der Waals surface area contributed by atoms with E-state index in [1.54, 1.807) is 6.92 Å². The average Bonchev–Trinajstić information content (AvgIpc) is 2.81. The largest absolute Gasteiger partial charge is 0.481 e. The fourth-order valence-electron chi connectivity index (χ4n) is 2.06. The van der Waals surface area contributed by atoms with Gasteiger partial charge in [0, 0.05) is 19.2 Å². The van der Waals surface area contributed by atoms with Crippen LogP contribution < -0.4 is 5.76 Å². The summed E-state index contributed by atoms with van der Waals surface area (Å²) in [6, 6.07) is 4.05. The molecule has 2 aromatic rings. The van der Waals surface area contributed by atoms with Crippen LogP contribution in [-0.2, 0) is 14.8 Å². The van der Waals surface area contributed by atoms with Crippen LogP contribution >= 0.6 is 0 Å². The predicted molar refractivity (Wildman–Crippen MR) is 78.1 cm³/mol. The van der Waals surface area contributed by atoms with Gasteiger partial charge in [-0.3, -0.25) is 9.78 Å². The van der Waals surface area contributed by atoms with E-state index in [0.717, 1.165) is 4.31 Å². The lowest BCUT2D eigenvalue weighted by Crippen LogP contribution is -2.33. The third-order valence-electron chi connectivity index (χ3n) is 3.08. The molecule has 120 valence electrons. The summed E-state index contributed by atoms with van der Waals surface area (Å²) in [5.41, 5.74) is 0.539. The Balaban J connectivity index is 2.38. The van der Waals surface area contributed by atoms with Crippen molar-refractivity contribution in [3.05, 3.63) is 28.7 Å². The van der Waals surface area contributed by atoms with Crippen LogP contribution in [0.1, 0.15) is 19.8 Å². The minimum Gasteiger partial charge on any atom is -0.481 e. The SMILES string of the molecule is CCCN(CCC(=O)O)S(=O)(=O)c1ccc2[nH]c(=O)oc2c1. The number of aliphatic carboxylic acids is 1. The molecule has 22 heavy (non-hydrogen) atoms. The summed E-state index contributed by atoms with van der Waals surface area (Å²) in [6.45, 7) is 1.91. The number of carboxylic acid groups (broad SMARTS) is 1. The summed E-state index contributed by atoms with van der Waals surface area (Å²) in [5.74, 6) is -1.73. The van der Waals surface area contributed by atoms with Crippen molar-refractivity contribution in [2.75, 3.05) is 13.1 Å². The van der Waals surface area contributed by atoms with Gasteiger partial charge in [-0.25, -0.2) is 13.2 Å². The molecular formula is C13H16N2O6S. The van der Waals surface area contributed by atoms with Crippen molar-refractivity contribution in [3.8, 4) is 0 Å². The van der Waals surface area contributed by atoms with Gasteiger partial charge in [0.25, 0.3) is 0 Å². The molecule has 0 unspecified atom stereocenters. The zero-order chi connectivity index (χ0) is 16.3. The lowest BCUT2D eigenvalue weighted by atomic mass is 10.3. The summed E-state index contributed by atoms with van der Waals surface area (Å²) in [7, 11) is -3.85. The standard InChI is InChI=1S/C13H16N2O6S/c1-2-6-15(7-5-12(16)17)22(19,20)9-3-4-10-11(8-9)21-13(18)14-10/h3-4,8H,2,5-7H2,1H3,(H,14,18)(H,16,17). The van der Waals surface area contributed by atoms with Crippen molar-refractivity contribution in [1.29, 1.82) is 0 Å². The maximum Gasteiger partial charge on any atom is 0.417 e. The maximum absolute atomic E-state index is 12.6. The Kier molecular flexibility index (Phi) is 4.67. The van der Waals surface area contributed by atoms with Crippen LogP contribution in [0.5, 0.6) is 0 Å². The monoisotopic (exact) mass is 328 g/mol. The van der Waals surface area contributed by atoms with Gasteiger partial charge >= 0.3 is 11.7 Å². The van der Waals surface area contributed by atoms with Gasteiger partial charge in [0.2, 0.25) is 10.0 Å². The normalized spacial score (nSPS) is 12.1. The topological polar surface area (TPSA) is 121 Å². The fraction of sp³-hybridized carbons (Fsp3) is 0.385. The molecule has 0 spiro atoms. The molecule has 0 bridgehead atoms. The third kappa shape index (κ3) is 3.37. The number of fused-ring (bicyclic) bond motifs is 1. The van der Waals surface area contributed by atoms with Gasteiger partial charge in [-0.2, -0.15) is 4.31 Å². The van der Waals surface area contributed by atoms with Gasteiger partial charge in [0.1, 0.15) is 0 Å². The van der Waals surface area contributed by atoms with Gasteiger partial charge in [0.05, 0.1) is 16.8 Å². The van der Waals surface area contributed by atoms with Crippen LogP contribution in [0, 0.1) is 0 Å². The number of carboxylic acids is 1. The van der Waals surface area contributed by atoms with Gasteiger partial charge < -0.3 is 9.52 Å². The highest BCUT2D eigenvalue weighted by atomic mass is 32.2. The number of benzene rings is 1. The second-order valence-electron chi connectivity index (χ2n) is 4.72. The van der Waals surface area contributed by atoms with Gasteiger partial charge in [-0.1, -0.05) is 6.92 Å². The van der Waals surface area contributed by atoms with E-state index < -0.39 is 21.7 Å². The first-order chi connectivity index (χ1) is 10.3. The molecule has 1 aromatic heterocycles. The molecule has 0 aliphatic carbocycles. The van der Waals surface area contributed by atoms with Crippen molar-refractivity contribution < 1.29 is 22.7 Å². The van der Waals surface area contributed by atoms with Crippen molar-refractivity contribution in [2.45, 2.75) is 24.7 Å². The van der Waals surface area contributed by atoms with Crippen molar-refractivity contribution >= 4 is 27.1 Å². The highest BCUT2D eigenvalue weighted by Gasteiger charge is 2.25. The molecule has 0 fully saturated rings. The first-order valence-electron chi connectivity index (χ1n) is 6.69. The molecule has 0 saturated heterocycles. The number of H-pyrrole nitrogens is 1. The number of carbonyl (C=O) groups is 1. The Morgan fingerprint density at radius 2 is 2.09 bits per heavy atom. The number of hydrogen-bond donors (Lipinski definition) is 2. The van der Waals surface area contributed by atoms with Crippen LogP contribution in [0.25, 0.3) is 11.1 Å². The second-order valence-corrected chi connectivity index (χ2v) is 6.66. The van der Waals surface area contributed by atoms with Crippen molar-refractivity contribution in [2.24, 2.45) is 0 Å². The second kappa shape index (κ2) is 6.32. The highest BCUT2D eigenvalue weighted by molar-refractivity contribution is 7.89. The molecular weight excluding hydrogens is 312 g/mol. The molecule has 0 amide bonds. The van der Waals surface area contributed by atoms with Crippen LogP contribution in [0.3, 0.4) is 0 Å². The maximum atomic E-state index is 12.6. The first kappa shape index (κ1) is 16.2. The minimum absolute atomic E-state index is 0.0402. The summed E-state index contributed by atoms with van der Waals surface area (Å²) in [5, 5.41) is 8.74. The molecule has 0 aliphatic heterocycles. The van der Waals surface area contributed by atoms with Gasteiger partial charge in [-0.15, -0.1) is 0 Å². The quantitative estimate of drug-likeness (QED) is 0.782. The lowest BCUT2D eigenvalue weighted by Gasteiger charge is -2.20. The Morgan fingerprint density at radius 1 is 1.36 bits per heavy atom. The number of oxazole rings is 1. The van der Waals surface area contributed by atoms with Crippen LogP contribution in [0.15, 0.2) is 32.3 Å². The first-order valence-corrected chi connectivity index (χ1v) is 8.13. The summed E-state index contributed by atoms with van der Waals surface area (Å²) in [4.78, 5) is 24.2. The molecule has 0 aliphatic rings. The van der Waals surface area contributed by atoms with Crippen LogP contribution in [0.2, 0.25) is 0 Å². The molecule has 1 heterocycles. The lowest BCUT2D eigenvalue weighted by molar-refractivity contribution is -0.137. The Hall–Kier alpha value is -2.13. The molecule has 0 radical (unpaired) electrons. The molecule has 2 rings (SSSR count). The summed E-state index contributed by atoms with van der Waals surface area (Å²) >= 11 is 0. The van der Waals surface area contributed by atoms with Crippen molar-refractivity contribution in [1.82, 2.24) is 9.29 Å². The Bertz CT molecular complexity index is 836. The minimum atomic E-state index is -3.85. The number of rotatable bonds is 7. The summed E-state index contributed by atoms with van der Waals surface area (Å²) < 4.78 is 31.1. The average molecular weight is 328 g/mol. The summed E-state index contributed by atoms with van der Waals surface area (Å²) in [6.07, 6.45) is 0.279. The number of nitrogens with zero attached hydrogens (tertiary/aromatic N) is 1. The van der Waals surface area contributed by atoms with Crippen LogP contribution in [0.4, 0.5) is 0 Å². The molecule has 8 nitrogen and oxygen atoms in total. The fourth-order valence-corrected chi connectivity index (χ4v) is 3.61. The number of sulfonamides is 1. The van der Waals surface area contributed by atoms with Gasteiger partial charge in [0.15, 0.2) is 5.58 Å². The Morgan fingerprint density at radius 3 is 2.73 bits per heavy atom. The van der Waals surface area contributed by atoms with Crippen molar-refractivity contribution in [3.63, 3.8) is 0 Å². The van der Waals surface area contributed by atoms with E-state index >= 15 is 0 Å². The van der Waals surface area contributed by atoms with E-state index in [2.05, 4.69) is 4.98 Å². The van der Waals surface area contributed by atoms with E-state index in [-0.39, 0.29) is 30.0 Å². The van der Waals surface area contributed by atoms with E-state index in [1.807, 2.05) is 0 Å².